The third kappa shape index (κ3) is 3.33. The standard InChI is InChI=1S/C21H22N2O5/c1-13-10-22(12-18(28-13)21(26)27)20(25)15-9-19(24)23(11-15)17-8-4-6-14-5-2-3-7-16(14)17/h2-8,13,15,18H,9-12H2,1H3,(H,26,27)/t13-,15?,18?/m1/s1. The fraction of sp³-hybridized carbons (Fsp3) is 0.381. The van der Waals surface area contributed by atoms with Crippen LogP contribution in [0.1, 0.15) is 13.3 Å². The van der Waals surface area contributed by atoms with Crippen LogP contribution in [-0.4, -0.2) is 59.6 Å². The molecule has 3 atom stereocenters. The summed E-state index contributed by atoms with van der Waals surface area (Å²) in [6.07, 6.45) is -1.25. The minimum atomic E-state index is -1.08. The van der Waals surface area contributed by atoms with Crippen molar-refractivity contribution < 1.29 is 24.2 Å². The molecule has 0 radical (unpaired) electrons. The highest BCUT2D eigenvalue weighted by molar-refractivity contribution is 6.07. The number of nitrogens with zero attached hydrogens (tertiary/aromatic N) is 2. The lowest BCUT2D eigenvalue weighted by molar-refractivity contribution is -0.167. The van der Waals surface area contributed by atoms with Gasteiger partial charge in [-0.3, -0.25) is 9.59 Å². The number of morpholine rings is 1. The molecule has 2 unspecified atom stereocenters. The Labute approximate surface area is 162 Å². The number of rotatable bonds is 3. The summed E-state index contributed by atoms with van der Waals surface area (Å²) in [4.78, 5) is 40.2. The van der Waals surface area contributed by atoms with E-state index in [1.54, 1.807) is 11.8 Å². The average Bonchev–Trinajstić information content (AvgIpc) is 3.07. The summed E-state index contributed by atoms with van der Waals surface area (Å²) < 4.78 is 5.38. The summed E-state index contributed by atoms with van der Waals surface area (Å²) >= 11 is 0. The van der Waals surface area contributed by atoms with Crippen molar-refractivity contribution >= 4 is 34.2 Å². The SMILES string of the molecule is C[C@@H]1CN(C(=O)C2CC(=O)N(c3cccc4ccccc34)C2)CC(C(=O)O)O1. The molecule has 7 nitrogen and oxygen atoms in total. The number of carbonyl (C=O) groups is 3. The Morgan fingerprint density at radius 2 is 1.82 bits per heavy atom. The maximum absolute atomic E-state index is 13.0. The second kappa shape index (κ2) is 7.24. The van der Waals surface area contributed by atoms with Crippen LogP contribution in [0.5, 0.6) is 0 Å². The Balaban J connectivity index is 1.54. The predicted molar refractivity (Wildman–Crippen MR) is 103 cm³/mol. The highest BCUT2D eigenvalue weighted by Gasteiger charge is 2.40. The number of amides is 2. The van der Waals surface area contributed by atoms with Gasteiger partial charge >= 0.3 is 5.97 Å². The highest BCUT2D eigenvalue weighted by atomic mass is 16.5. The van der Waals surface area contributed by atoms with Crippen LogP contribution >= 0.6 is 0 Å². The zero-order valence-corrected chi connectivity index (χ0v) is 15.6. The zero-order chi connectivity index (χ0) is 19.8. The van der Waals surface area contributed by atoms with Gasteiger partial charge in [-0.2, -0.15) is 0 Å². The molecular weight excluding hydrogens is 360 g/mol. The Morgan fingerprint density at radius 1 is 1.07 bits per heavy atom. The van der Waals surface area contributed by atoms with Gasteiger partial charge in [0.25, 0.3) is 0 Å². The molecule has 28 heavy (non-hydrogen) atoms. The smallest absolute Gasteiger partial charge is 0.334 e. The number of fused-ring (bicyclic) bond motifs is 1. The summed E-state index contributed by atoms with van der Waals surface area (Å²) in [5, 5.41) is 11.2. The molecule has 0 spiro atoms. The van der Waals surface area contributed by atoms with Crippen LogP contribution in [0.2, 0.25) is 0 Å². The number of benzene rings is 2. The Kier molecular flexibility index (Phi) is 4.77. The minimum absolute atomic E-state index is 0.0114. The van der Waals surface area contributed by atoms with Crippen LogP contribution in [-0.2, 0) is 19.1 Å². The quantitative estimate of drug-likeness (QED) is 0.876. The summed E-state index contributed by atoms with van der Waals surface area (Å²) in [5.41, 5.74) is 0.803. The molecule has 2 fully saturated rings. The molecule has 146 valence electrons. The number of carbonyl (C=O) groups excluding carboxylic acids is 2. The number of carboxylic acid groups (broad SMARTS) is 1. The molecule has 1 N–H and O–H groups in total. The van der Waals surface area contributed by atoms with Crippen LogP contribution < -0.4 is 4.90 Å². The lowest BCUT2D eigenvalue weighted by Gasteiger charge is -2.36. The van der Waals surface area contributed by atoms with Gasteiger partial charge in [0.2, 0.25) is 11.8 Å². The second-order valence-corrected chi connectivity index (χ2v) is 7.42. The Bertz CT molecular complexity index is 938. The number of hydrogen-bond acceptors (Lipinski definition) is 4. The first-order valence-electron chi connectivity index (χ1n) is 9.39. The van der Waals surface area contributed by atoms with Crippen molar-refractivity contribution in [1.82, 2.24) is 4.90 Å². The minimum Gasteiger partial charge on any atom is -0.479 e. The van der Waals surface area contributed by atoms with Gasteiger partial charge in [-0.1, -0.05) is 36.4 Å². The van der Waals surface area contributed by atoms with Gasteiger partial charge in [0.05, 0.1) is 24.3 Å². The summed E-state index contributed by atoms with van der Waals surface area (Å²) in [7, 11) is 0. The topological polar surface area (TPSA) is 87.2 Å². The molecular formula is C21H22N2O5. The van der Waals surface area contributed by atoms with Crippen molar-refractivity contribution in [2.45, 2.75) is 25.6 Å². The van der Waals surface area contributed by atoms with Gasteiger partial charge in [0, 0.05) is 24.9 Å². The molecule has 2 aromatic carbocycles. The van der Waals surface area contributed by atoms with E-state index in [4.69, 9.17) is 4.74 Å². The number of anilines is 1. The molecule has 2 aliphatic heterocycles. The molecule has 0 bridgehead atoms. The highest BCUT2D eigenvalue weighted by Crippen LogP contribution is 2.32. The summed E-state index contributed by atoms with van der Waals surface area (Å²) in [5.74, 6) is -1.83. The monoisotopic (exact) mass is 382 g/mol. The van der Waals surface area contributed by atoms with Crippen LogP contribution in [0.3, 0.4) is 0 Å². The van der Waals surface area contributed by atoms with E-state index in [0.717, 1.165) is 16.5 Å². The normalized spacial score (nSPS) is 25.3. The van der Waals surface area contributed by atoms with Gasteiger partial charge in [0.1, 0.15) is 0 Å². The lowest BCUT2D eigenvalue weighted by Crippen LogP contribution is -2.53. The van der Waals surface area contributed by atoms with Crippen molar-refractivity contribution in [3.05, 3.63) is 42.5 Å². The Hall–Kier alpha value is -2.93. The molecule has 2 heterocycles. The number of ether oxygens (including phenoxy) is 1. The second-order valence-electron chi connectivity index (χ2n) is 7.42. The fourth-order valence-electron chi connectivity index (χ4n) is 4.08. The van der Waals surface area contributed by atoms with Crippen LogP contribution in [0.4, 0.5) is 5.69 Å². The van der Waals surface area contributed by atoms with Gasteiger partial charge < -0.3 is 19.6 Å². The molecule has 7 heteroatoms. The van der Waals surface area contributed by atoms with Crippen molar-refractivity contribution in [2.75, 3.05) is 24.5 Å². The lowest BCUT2D eigenvalue weighted by atomic mass is 10.1. The first-order chi connectivity index (χ1) is 13.4. The molecule has 2 aromatic rings. The first-order valence-corrected chi connectivity index (χ1v) is 9.39. The maximum atomic E-state index is 13.0. The number of carboxylic acids is 1. The number of hydrogen-bond donors (Lipinski definition) is 1. The van der Waals surface area contributed by atoms with E-state index in [1.165, 1.54) is 4.90 Å². The maximum Gasteiger partial charge on any atom is 0.334 e. The molecule has 0 saturated carbocycles. The van der Waals surface area contributed by atoms with E-state index < -0.39 is 18.0 Å². The third-order valence-electron chi connectivity index (χ3n) is 5.38. The van der Waals surface area contributed by atoms with E-state index in [9.17, 15) is 19.5 Å². The van der Waals surface area contributed by atoms with Gasteiger partial charge in [-0.25, -0.2) is 4.79 Å². The molecule has 2 amide bonds. The van der Waals surface area contributed by atoms with Crippen molar-refractivity contribution in [3.63, 3.8) is 0 Å². The van der Waals surface area contributed by atoms with E-state index in [0.29, 0.717) is 13.1 Å². The van der Waals surface area contributed by atoms with Crippen LogP contribution in [0.15, 0.2) is 42.5 Å². The molecule has 4 rings (SSSR count). The van der Waals surface area contributed by atoms with E-state index in [2.05, 4.69) is 0 Å². The third-order valence-corrected chi connectivity index (χ3v) is 5.38. The van der Waals surface area contributed by atoms with E-state index in [1.807, 2.05) is 42.5 Å². The van der Waals surface area contributed by atoms with Gasteiger partial charge in [0.15, 0.2) is 6.10 Å². The first kappa shape index (κ1) is 18.4. The molecule has 2 aliphatic rings. The number of aliphatic carboxylic acids is 1. The zero-order valence-electron chi connectivity index (χ0n) is 15.6. The van der Waals surface area contributed by atoms with Crippen LogP contribution in [0.25, 0.3) is 10.8 Å². The van der Waals surface area contributed by atoms with Gasteiger partial charge in [-0.05, 0) is 18.4 Å². The largest absolute Gasteiger partial charge is 0.479 e. The Morgan fingerprint density at radius 3 is 2.61 bits per heavy atom. The average molecular weight is 382 g/mol. The molecule has 2 saturated heterocycles. The van der Waals surface area contributed by atoms with Crippen molar-refractivity contribution in [3.8, 4) is 0 Å². The molecule has 0 aliphatic carbocycles. The van der Waals surface area contributed by atoms with Gasteiger partial charge in [-0.15, -0.1) is 0 Å². The van der Waals surface area contributed by atoms with Crippen molar-refractivity contribution in [1.29, 1.82) is 0 Å². The van der Waals surface area contributed by atoms with Crippen molar-refractivity contribution in [2.24, 2.45) is 5.92 Å². The van der Waals surface area contributed by atoms with E-state index >= 15 is 0 Å². The molecule has 0 aromatic heterocycles. The van der Waals surface area contributed by atoms with Crippen LogP contribution in [0, 0.1) is 5.92 Å². The predicted octanol–water partition coefficient (Wildman–Crippen LogP) is 1.89. The summed E-state index contributed by atoms with van der Waals surface area (Å²) in [6.45, 7) is 2.39. The summed E-state index contributed by atoms with van der Waals surface area (Å²) in [6, 6.07) is 13.6. The van der Waals surface area contributed by atoms with E-state index in [-0.39, 0.29) is 30.9 Å². The fourth-order valence-corrected chi connectivity index (χ4v) is 4.08.